The van der Waals surface area contributed by atoms with Gasteiger partial charge in [-0.25, -0.2) is 4.98 Å². The maximum absolute atomic E-state index is 8.57. The van der Waals surface area contributed by atoms with Crippen molar-refractivity contribution >= 4 is 5.69 Å². The Balaban J connectivity index is 3.08. The molecule has 1 aromatic rings. The Hall–Kier alpha value is -1.25. The molecule has 0 bridgehead atoms. The summed E-state index contributed by atoms with van der Waals surface area (Å²) in [5.41, 5.74) is 5.60. The third kappa shape index (κ3) is 0.872. The molecule has 0 aliphatic rings. The standard InChI is InChI=1S/C5H5N2O/c6-4-1-2-7-5(8)3-4/h1-2H,(H3,6,7,8). The van der Waals surface area contributed by atoms with Crippen LogP contribution in [0, 0.1) is 6.07 Å². The van der Waals surface area contributed by atoms with Crippen molar-refractivity contribution in [2.24, 2.45) is 0 Å². The molecular formula is C5H5N2O. The second kappa shape index (κ2) is 1.69. The topological polar surface area (TPSA) is 59.1 Å². The van der Waals surface area contributed by atoms with Crippen molar-refractivity contribution in [1.29, 1.82) is 0 Å². The number of anilines is 1. The Bertz CT molecular complexity index is 170. The Morgan fingerprint density at radius 3 is 2.88 bits per heavy atom. The van der Waals surface area contributed by atoms with Crippen molar-refractivity contribution in [3.8, 4) is 5.88 Å². The quantitative estimate of drug-likeness (QED) is 0.499. The third-order valence-electron chi connectivity index (χ3n) is 0.707. The Morgan fingerprint density at radius 2 is 2.50 bits per heavy atom. The molecule has 0 aliphatic carbocycles. The van der Waals surface area contributed by atoms with Gasteiger partial charge in [0.25, 0.3) is 0 Å². The molecule has 0 spiro atoms. The van der Waals surface area contributed by atoms with Gasteiger partial charge in [0.15, 0.2) is 0 Å². The van der Waals surface area contributed by atoms with Crippen molar-refractivity contribution in [1.82, 2.24) is 4.98 Å². The molecule has 0 amide bonds. The Morgan fingerprint density at radius 1 is 1.75 bits per heavy atom. The summed E-state index contributed by atoms with van der Waals surface area (Å²) in [7, 11) is 0. The molecule has 0 saturated heterocycles. The zero-order chi connectivity index (χ0) is 5.98. The maximum Gasteiger partial charge on any atom is 0.221 e. The lowest BCUT2D eigenvalue weighted by Crippen LogP contribution is -1.83. The largest absolute Gasteiger partial charge is 0.493 e. The van der Waals surface area contributed by atoms with Crippen molar-refractivity contribution < 1.29 is 5.11 Å². The lowest BCUT2D eigenvalue weighted by molar-refractivity contribution is 0.452. The number of nitrogen functional groups attached to an aromatic ring is 1. The van der Waals surface area contributed by atoms with Crippen molar-refractivity contribution in [2.75, 3.05) is 5.73 Å². The molecule has 0 aromatic carbocycles. The highest BCUT2D eigenvalue weighted by molar-refractivity contribution is 5.36. The summed E-state index contributed by atoms with van der Waals surface area (Å²) in [6, 6.07) is 3.95. The maximum atomic E-state index is 8.57. The molecule has 0 fully saturated rings. The van der Waals surface area contributed by atoms with Crippen molar-refractivity contribution in [3.63, 3.8) is 0 Å². The van der Waals surface area contributed by atoms with E-state index in [1.54, 1.807) is 6.07 Å². The Labute approximate surface area is 46.8 Å². The highest BCUT2D eigenvalue weighted by atomic mass is 16.3. The van der Waals surface area contributed by atoms with Gasteiger partial charge in [0.05, 0.1) is 6.07 Å². The zero-order valence-electron chi connectivity index (χ0n) is 4.13. The minimum Gasteiger partial charge on any atom is -0.493 e. The molecule has 3 heteroatoms. The lowest BCUT2D eigenvalue weighted by atomic mass is 10.4. The van der Waals surface area contributed by atoms with Crippen LogP contribution in [0.5, 0.6) is 5.88 Å². The van der Waals surface area contributed by atoms with E-state index >= 15 is 0 Å². The summed E-state index contributed by atoms with van der Waals surface area (Å²) in [5.74, 6) is -0.162. The van der Waals surface area contributed by atoms with E-state index in [2.05, 4.69) is 11.1 Å². The van der Waals surface area contributed by atoms with Crippen molar-refractivity contribution in [3.05, 3.63) is 18.3 Å². The number of pyridine rings is 1. The van der Waals surface area contributed by atoms with E-state index in [0.29, 0.717) is 5.69 Å². The fourth-order valence-electron chi connectivity index (χ4n) is 0.391. The van der Waals surface area contributed by atoms with Gasteiger partial charge in [-0.15, -0.1) is 0 Å². The number of nitrogens with two attached hydrogens (primary N) is 1. The highest BCUT2D eigenvalue weighted by Crippen LogP contribution is 2.05. The number of rotatable bonds is 0. The normalized spacial score (nSPS) is 9.00. The highest BCUT2D eigenvalue weighted by Gasteiger charge is 1.86. The second-order valence-electron chi connectivity index (χ2n) is 1.35. The van der Waals surface area contributed by atoms with Crippen LogP contribution < -0.4 is 5.73 Å². The number of hydrogen-bond donors (Lipinski definition) is 2. The van der Waals surface area contributed by atoms with Crippen LogP contribution in [0.1, 0.15) is 0 Å². The van der Waals surface area contributed by atoms with E-state index in [-0.39, 0.29) is 5.88 Å². The number of aromatic hydroxyl groups is 1. The molecule has 1 rings (SSSR count). The summed E-state index contributed by atoms with van der Waals surface area (Å²) in [6.45, 7) is 0. The molecule has 3 nitrogen and oxygen atoms in total. The molecular weight excluding hydrogens is 104 g/mol. The first kappa shape index (κ1) is 4.90. The predicted octanol–water partition coefficient (Wildman–Crippen LogP) is 0.170. The summed E-state index contributed by atoms with van der Waals surface area (Å²) in [5, 5.41) is 8.57. The first-order valence-electron chi connectivity index (χ1n) is 2.12. The van der Waals surface area contributed by atoms with Crippen LogP contribution in [0.4, 0.5) is 5.69 Å². The fourth-order valence-corrected chi connectivity index (χ4v) is 0.391. The molecule has 0 aliphatic heterocycles. The average Bonchev–Trinajstić information content (AvgIpc) is 1.64. The molecule has 8 heavy (non-hydrogen) atoms. The summed E-state index contributed by atoms with van der Waals surface area (Å²) < 4.78 is 0. The first-order chi connectivity index (χ1) is 3.79. The number of hydrogen-bond acceptors (Lipinski definition) is 3. The predicted molar refractivity (Wildman–Crippen MR) is 29.2 cm³/mol. The first-order valence-corrected chi connectivity index (χ1v) is 2.12. The molecule has 1 radical (unpaired) electrons. The van der Waals surface area contributed by atoms with Gasteiger partial charge in [0.1, 0.15) is 0 Å². The van der Waals surface area contributed by atoms with E-state index < -0.39 is 0 Å². The van der Waals surface area contributed by atoms with Gasteiger partial charge in [-0.1, -0.05) is 0 Å². The van der Waals surface area contributed by atoms with Gasteiger partial charge >= 0.3 is 0 Å². The molecule has 1 heterocycles. The molecule has 41 valence electrons. The molecule has 0 unspecified atom stereocenters. The Kier molecular flexibility index (Phi) is 1.04. The van der Waals surface area contributed by atoms with Crippen LogP contribution >= 0.6 is 0 Å². The van der Waals surface area contributed by atoms with E-state index in [1.165, 1.54) is 6.20 Å². The molecule has 1 aromatic heterocycles. The minimum atomic E-state index is -0.162. The van der Waals surface area contributed by atoms with E-state index in [1.807, 2.05) is 0 Å². The number of aromatic nitrogens is 1. The average molecular weight is 109 g/mol. The smallest absolute Gasteiger partial charge is 0.221 e. The van der Waals surface area contributed by atoms with E-state index in [4.69, 9.17) is 10.8 Å². The SMILES string of the molecule is Nc1[c]c(O)ncc1. The van der Waals surface area contributed by atoms with Gasteiger partial charge < -0.3 is 10.8 Å². The van der Waals surface area contributed by atoms with E-state index in [9.17, 15) is 0 Å². The van der Waals surface area contributed by atoms with Crippen LogP contribution in [-0.4, -0.2) is 10.1 Å². The van der Waals surface area contributed by atoms with Crippen LogP contribution in [-0.2, 0) is 0 Å². The lowest BCUT2D eigenvalue weighted by Gasteiger charge is -1.88. The van der Waals surface area contributed by atoms with Crippen molar-refractivity contribution in [2.45, 2.75) is 0 Å². The summed E-state index contributed by atoms with van der Waals surface area (Å²) >= 11 is 0. The van der Waals surface area contributed by atoms with E-state index in [0.717, 1.165) is 0 Å². The third-order valence-corrected chi connectivity index (χ3v) is 0.707. The second-order valence-corrected chi connectivity index (χ2v) is 1.35. The van der Waals surface area contributed by atoms with Gasteiger partial charge in [0.2, 0.25) is 5.88 Å². The number of nitrogens with zero attached hydrogens (tertiary/aromatic N) is 1. The van der Waals surface area contributed by atoms with Crippen LogP contribution in [0.3, 0.4) is 0 Å². The monoisotopic (exact) mass is 109 g/mol. The summed E-state index contributed by atoms with van der Waals surface area (Å²) in [4.78, 5) is 3.46. The van der Waals surface area contributed by atoms with Gasteiger partial charge in [-0.05, 0) is 6.07 Å². The summed E-state index contributed by atoms with van der Waals surface area (Å²) in [6.07, 6.45) is 1.42. The molecule has 3 N–H and O–H groups in total. The van der Waals surface area contributed by atoms with Gasteiger partial charge in [0, 0.05) is 11.9 Å². The fraction of sp³-hybridized carbons (Fsp3) is 0. The van der Waals surface area contributed by atoms with Gasteiger partial charge in [-0.2, -0.15) is 0 Å². The molecule has 0 atom stereocenters. The zero-order valence-corrected chi connectivity index (χ0v) is 4.13. The van der Waals surface area contributed by atoms with Crippen LogP contribution in [0.2, 0.25) is 0 Å². The van der Waals surface area contributed by atoms with Crippen LogP contribution in [0.25, 0.3) is 0 Å². The van der Waals surface area contributed by atoms with Gasteiger partial charge in [-0.3, -0.25) is 0 Å². The molecule has 0 saturated carbocycles. The minimum absolute atomic E-state index is 0.162. The van der Waals surface area contributed by atoms with Crippen LogP contribution in [0.15, 0.2) is 12.3 Å².